The molecular formula is C19H17BrF3N5O. The summed E-state index contributed by atoms with van der Waals surface area (Å²) in [5.74, 6) is 0.942. The fourth-order valence-electron chi connectivity index (χ4n) is 3.44. The number of benzene rings is 1. The summed E-state index contributed by atoms with van der Waals surface area (Å²) in [6.45, 7) is 2.29. The number of halogens is 4. The highest BCUT2D eigenvalue weighted by Crippen LogP contribution is 2.33. The van der Waals surface area contributed by atoms with E-state index >= 15 is 0 Å². The molecule has 1 amide bonds. The van der Waals surface area contributed by atoms with Gasteiger partial charge in [-0.25, -0.2) is 9.67 Å². The van der Waals surface area contributed by atoms with Crippen molar-refractivity contribution in [1.29, 1.82) is 0 Å². The summed E-state index contributed by atoms with van der Waals surface area (Å²) < 4.78 is 42.5. The van der Waals surface area contributed by atoms with Crippen molar-refractivity contribution in [2.24, 2.45) is 7.05 Å². The van der Waals surface area contributed by atoms with E-state index in [9.17, 15) is 18.0 Å². The van der Waals surface area contributed by atoms with Crippen LogP contribution in [-0.4, -0.2) is 25.2 Å². The Morgan fingerprint density at radius 1 is 1.24 bits per heavy atom. The van der Waals surface area contributed by atoms with Gasteiger partial charge in [0.2, 0.25) is 5.91 Å². The highest BCUT2D eigenvalue weighted by Gasteiger charge is 2.34. The first-order valence-electron chi connectivity index (χ1n) is 8.89. The van der Waals surface area contributed by atoms with Gasteiger partial charge in [0.15, 0.2) is 5.69 Å². The van der Waals surface area contributed by atoms with Crippen molar-refractivity contribution in [3.8, 4) is 11.4 Å². The molecule has 3 aromatic rings. The molecule has 3 heterocycles. The van der Waals surface area contributed by atoms with Gasteiger partial charge < -0.3 is 4.57 Å². The standard InChI is InChI=1S/C19H17BrF3N5O/c1-11-7-17(29)27(16-8-15(20)25-28(11)16)9-12-3-5-13(6-4-12)18-24-14(10-26(18)2)19(21,22)23/h3-6,8,10-11H,7,9H2,1-2H3. The van der Waals surface area contributed by atoms with Gasteiger partial charge in [-0.3, -0.25) is 9.69 Å². The lowest BCUT2D eigenvalue weighted by molar-refractivity contribution is -0.140. The van der Waals surface area contributed by atoms with Crippen LogP contribution < -0.4 is 4.90 Å². The van der Waals surface area contributed by atoms with E-state index < -0.39 is 11.9 Å². The van der Waals surface area contributed by atoms with Crippen LogP contribution >= 0.6 is 15.9 Å². The van der Waals surface area contributed by atoms with E-state index in [1.807, 2.05) is 11.6 Å². The van der Waals surface area contributed by atoms with Crippen LogP contribution in [0.15, 0.2) is 41.1 Å². The van der Waals surface area contributed by atoms with Crippen LogP contribution in [0.5, 0.6) is 0 Å². The van der Waals surface area contributed by atoms with Gasteiger partial charge in [-0.1, -0.05) is 24.3 Å². The Kier molecular flexibility index (Phi) is 4.76. The fourth-order valence-corrected chi connectivity index (χ4v) is 3.82. The van der Waals surface area contributed by atoms with E-state index in [-0.39, 0.29) is 17.8 Å². The highest BCUT2D eigenvalue weighted by atomic mass is 79.9. The number of amides is 1. The molecule has 0 saturated carbocycles. The number of nitrogens with zero attached hydrogens (tertiary/aromatic N) is 5. The van der Waals surface area contributed by atoms with Crippen molar-refractivity contribution in [3.05, 3.63) is 52.4 Å². The molecule has 1 aliphatic rings. The van der Waals surface area contributed by atoms with Gasteiger partial charge in [-0.15, -0.1) is 0 Å². The molecule has 0 aliphatic carbocycles. The van der Waals surface area contributed by atoms with E-state index in [4.69, 9.17) is 0 Å². The number of rotatable bonds is 3. The minimum absolute atomic E-state index is 0.000367. The second-order valence-corrected chi connectivity index (χ2v) is 7.87. The largest absolute Gasteiger partial charge is 0.434 e. The van der Waals surface area contributed by atoms with Crippen molar-refractivity contribution in [3.63, 3.8) is 0 Å². The summed E-state index contributed by atoms with van der Waals surface area (Å²) in [5.41, 5.74) is 0.495. The molecule has 0 fully saturated rings. The molecule has 1 aliphatic heterocycles. The van der Waals surface area contributed by atoms with Crippen molar-refractivity contribution in [1.82, 2.24) is 19.3 Å². The molecule has 1 atom stereocenters. The molecule has 10 heteroatoms. The Hall–Kier alpha value is -2.62. The second-order valence-electron chi connectivity index (χ2n) is 7.06. The third-order valence-corrected chi connectivity index (χ3v) is 5.26. The number of imidazole rings is 1. The zero-order valence-electron chi connectivity index (χ0n) is 15.6. The summed E-state index contributed by atoms with van der Waals surface area (Å²) in [6.07, 6.45) is -3.17. The minimum atomic E-state index is -4.49. The van der Waals surface area contributed by atoms with Crippen LogP contribution in [0, 0.1) is 0 Å². The summed E-state index contributed by atoms with van der Waals surface area (Å²) >= 11 is 3.35. The van der Waals surface area contributed by atoms with Crippen LogP contribution in [-0.2, 0) is 24.6 Å². The molecule has 0 bridgehead atoms. The van der Waals surface area contributed by atoms with E-state index in [0.29, 0.717) is 29.0 Å². The first-order valence-corrected chi connectivity index (χ1v) is 9.68. The van der Waals surface area contributed by atoms with E-state index in [1.54, 1.807) is 35.2 Å². The second kappa shape index (κ2) is 7.01. The molecule has 0 saturated heterocycles. The van der Waals surface area contributed by atoms with Gasteiger partial charge in [0, 0.05) is 31.3 Å². The molecular weight excluding hydrogens is 451 g/mol. The Labute approximate surface area is 173 Å². The minimum Gasteiger partial charge on any atom is -0.333 e. The molecule has 2 aromatic heterocycles. The lowest BCUT2D eigenvalue weighted by Crippen LogP contribution is -2.38. The van der Waals surface area contributed by atoms with Crippen molar-refractivity contribution in [2.45, 2.75) is 32.1 Å². The Balaban J connectivity index is 1.59. The van der Waals surface area contributed by atoms with Crippen molar-refractivity contribution in [2.75, 3.05) is 4.90 Å². The number of hydrogen-bond donors (Lipinski definition) is 0. The van der Waals surface area contributed by atoms with Crippen LogP contribution in [0.1, 0.15) is 30.6 Å². The Morgan fingerprint density at radius 3 is 2.55 bits per heavy atom. The molecule has 0 radical (unpaired) electrons. The van der Waals surface area contributed by atoms with Gasteiger partial charge in [0.05, 0.1) is 12.6 Å². The smallest absolute Gasteiger partial charge is 0.333 e. The number of carbonyl (C=O) groups is 1. The number of anilines is 1. The quantitative estimate of drug-likeness (QED) is 0.567. The molecule has 152 valence electrons. The van der Waals surface area contributed by atoms with E-state index in [1.165, 1.54) is 11.6 Å². The first-order chi connectivity index (χ1) is 13.6. The van der Waals surface area contributed by atoms with Crippen molar-refractivity contribution >= 4 is 27.7 Å². The zero-order chi connectivity index (χ0) is 20.9. The Bertz CT molecular complexity index is 1070. The molecule has 1 unspecified atom stereocenters. The molecule has 0 spiro atoms. The van der Waals surface area contributed by atoms with E-state index in [2.05, 4.69) is 26.0 Å². The third-order valence-electron chi connectivity index (χ3n) is 4.87. The molecule has 0 N–H and O–H groups in total. The van der Waals surface area contributed by atoms with E-state index in [0.717, 1.165) is 11.8 Å². The van der Waals surface area contributed by atoms with Gasteiger partial charge in [-0.05, 0) is 28.4 Å². The number of alkyl halides is 3. The SMILES string of the molecule is CC1CC(=O)N(Cc2ccc(-c3nc(C(F)(F)F)cn3C)cc2)c2cc(Br)nn21. The highest BCUT2D eigenvalue weighted by molar-refractivity contribution is 9.10. The van der Waals surface area contributed by atoms with Gasteiger partial charge in [-0.2, -0.15) is 18.3 Å². The number of hydrogen-bond acceptors (Lipinski definition) is 3. The predicted molar refractivity (Wildman–Crippen MR) is 104 cm³/mol. The maximum absolute atomic E-state index is 12.9. The Morgan fingerprint density at radius 2 is 1.93 bits per heavy atom. The number of fused-ring (bicyclic) bond motifs is 1. The zero-order valence-corrected chi connectivity index (χ0v) is 17.2. The number of aryl methyl sites for hydroxylation is 1. The van der Waals surface area contributed by atoms with Crippen LogP contribution in [0.3, 0.4) is 0 Å². The lowest BCUT2D eigenvalue weighted by Gasteiger charge is -2.31. The number of aromatic nitrogens is 4. The van der Waals surface area contributed by atoms with Gasteiger partial charge in [0.25, 0.3) is 0 Å². The maximum atomic E-state index is 12.9. The third kappa shape index (κ3) is 3.68. The summed E-state index contributed by atoms with van der Waals surface area (Å²) in [7, 11) is 1.53. The predicted octanol–water partition coefficient (Wildman–Crippen LogP) is 4.56. The lowest BCUT2D eigenvalue weighted by atomic mass is 10.1. The van der Waals surface area contributed by atoms with Crippen LogP contribution in [0.4, 0.5) is 19.0 Å². The van der Waals surface area contributed by atoms with Crippen molar-refractivity contribution < 1.29 is 18.0 Å². The van der Waals surface area contributed by atoms with Crippen LogP contribution in [0.2, 0.25) is 0 Å². The topological polar surface area (TPSA) is 56.0 Å². The van der Waals surface area contributed by atoms with Gasteiger partial charge >= 0.3 is 6.18 Å². The maximum Gasteiger partial charge on any atom is 0.434 e. The molecule has 6 nitrogen and oxygen atoms in total. The summed E-state index contributed by atoms with van der Waals surface area (Å²) in [5, 5.41) is 4.38. The normalized spacial score (nSPS) is 17.0. The monoisotopic (exact) mass is 467 g/mol. The van der Waals surface area contributed by atoms with Gasteiger partial charge in [0.1, 0.15) is 16.2 Å². The average Bonchev–Trinajstić information content (AvgIpc) is 3.22. The first kappa shape index (κ1) is 19.7. The average molecular weight is 468 g/mol. The molecule has 1 aromatic carbocycles. The molecule has 4 rings (SSSR count). The fraction of sp³-hybridized carbons (Fsp3) is 0.316. The summed E-state index contributed by atoms with van der Waals surface area (Å²) in [6, 6.07) is 8.78. The number of carbonyl (C=O) groups excluding carboxylic acids is 1. The van der Waals surface area contributed by atoms with Crippen LogP contribution in [0.25, 0.3) is 11.4 Å². The molecule has 29 heavy (non-hydrogen) atoms. The summed E-state index contributed by atoms with van der Waals surface area (Å²) in [4.78, 5) is 17.9.